The second kappa shape index (κ2) is 11.6. The van der Waals surface area contributed by atoms with Gasteiger partial charge in [0.25, 0.3) is 0 Å². The monoisotopic (exact) mass is 382 g/mol. The average Bonchev–Trinajstić information content (AvgIpc) is 0.722. The summed E-state index contributed by atoms with van der Waals surface area (Å²) in [6.07, 6.45) is 0. The maximum absolute atomic E-state index is 8.88. The molecule has 0 rings (SSSR count). The van der Waals surface area contributed by atoms with Gasteiger partial charge in [0.2, 0.25) is 0 Å². The summed E-state index contributed by atoms with van der Waals surface area (Å²) in [5.74, 6) is 0. The van der Waals surface area contributed by atoms with Gasteiger partial charge in [-0.25, -0.2) is 4.57 Å². The molecule has 0 bridgehead atoms. The first-order chi connectivity index (χ1) is 2.00. The Kier molecular flexibility index (Phi) is 33.2. The smallest absolute Gasteiger partial charge is 0 e. The summed E-state index contributed by atoms with van der Waals surface area (Å²) >= 11 is 0. The van der Waals surface area contributed by atoms with E-state index in [-0.39, 0.29) is 147 Å². The number of hydrogen-bond donors (Lipinski definition) is 3. The first-order valence-corrected chi connectivity index (χ1v) is 2.35. The molecule has 0 fully saturated rings. The minimum absolute atomic E-state index is 0. The molecule has 0 unspecified atom stereocenters. The van der Waals surface area contributed by atoms with E-state index in [0.717, 1.165) is 0 Å². The molecule has 0 aliphatic heterocycles. The predicted octanol–water partition coefficient (Wildman–Crippen LogP) is -2.23. The van der Waals surface area contributed by atoms with Gasteiger partial charge in [-0.2, -0.15) is 0 Å². The first-order valence-electron chi connectivity index (χ1n) is 0.783. The van der Waals surface area contributed by atoms with Crippen molar-refractivity contribution in [3.05, 3.63) is 0 Å². The van der Waals surface area contributed by atoms with E-state index in [1.54, 1.807) is 0 Å². The van der Waals surface area contributed by atoms with Crippen molar-refractivity contribution in [2.75, 3.05) is 0 Å². The number of rotatable bonds is 0. The van der Waals surface area contributed by atoms with E-state index in [2.05, 4.69) is 0 Å². The zero-order valence-electron chi connectivity index (χ0n) is 2.90. The Balaban J connectivity index is -0.0000000267. The van der Waals surface area contributed by atoms with Crippen LogP contribution in [0.5, 0.6) is 0 Å². The first kappa shape index (κ1) is 22.9. The number of phosphoric acid groups is 1. The molecule has 38 valence electrons. The van der Waals surface area contributed by atoms with Crippen LogP contribution in [0, 0.1) is 0 Å². The molecule has 4 nitrogen and oxygen atoms in total. The molecule has 8 heteroatoms. The Hall–Kier alpha value is 4.59. The molecule has 0 aliphatic rings. The van der Waals surface area contributed by atoms with E-state index in [1.165, 1.54) is 0 Å². The summed E-state index contributed by atoms with van der Waals surface area (Å²) in [7, 11) is -4.64. The van der Waals surface area contributed by atoms with Crippen LogP contribution in [0.3, 0.4) is 0 Å². The second-order valence-electron chi connectivity index (χ2n) is 0.513. The van der Waals surface area contributed by atoms with E-state index in [4.69, 9.17) is 19.2 Å². The van der Waals surface area contributed by atoms with Crippen LogP contribution in [-0.4, -0.2) is 142 Å². The van der Waals surface area contributed by atoms with E-state index in [1.807, 2.05) is 0 Å². The van der Waals surface area contributed by atoms with Crippen LogP contribution in [0.2, 0.25) is 0 Å². The van der Waals surface area contributed by atoms with Crippen molar-refractivity contribution in [1.29, 1.82) is 0 Å². The molecule has 0 spiro atoms. The minimum atomic E-state index is -4.64. The van der Waals surface area contributed by atoms with Crippen LogP contribution < -0.4 is 0 Å². The van der Waals surface area contributed by atoms with Gasteiger partial charge < -0.3 is 14.7 Å². The molecule has 0 saturated carbocycles. The molecule has 0 aromatic carbocycles. The maximum atomic E-state index is 8.88. The fourth-order valence-corrected chi connectivity index (χ4v) is 0. The summed E-state index contributed by atoms with van der Waals surface area (Å²) in [5.41, 5.74) is 0. The molecule has 0 atom stereocenters. The van der Waals surface area contributed by atoms with E-state index in [0.29, 0.717) is 0 Å². The molecule has 0 amide bonds. The summed E-state index contributed by atoms with van der Waals surface area (Å²) in [6, 6.07) is 0. The summed E-state index contributed by atoms with van der Waals surface area (Å²) in [4.78, 5) is 21.6. The molecule has 0 aliphatic carbocycles. The second-order valence-corrected chi connectivity index (χ2v) is 1.54. The minimum Gasteiger partial charge on any atom is 0 e. The van der Waals surface area contributed by atoms with Crippen LogP contribution in [-0.2, 0) is 24.0 Å². The third kappa shape index (κ3) is 46.2. The Bertz CT molecular complexity index is 62.2. The van der Waals surface area contributed by atoms with E-state index in [9.17, 15) is 0 Å². The van der Waals surface area contributed by atoms with Crippen molar-refractivity contribution in [1.82, 2.24) is 0 Å². The Morgan fingerprint density at radius 3 is 1.12 bits per heavy atom. The standard InChI is InChI=1S/Cs.H3O4P.Rb.Zn.2H/c;1-5(2,3)4;;;;/h;(H3,1,2,3,4);;;;. The molecular formula is H5CsO4PRbZn. The molecule has 3 N–H and O–H groups in total. The maximum Gasteiger partial charge on any atom is 0 e. The molecule has 0 saturated heterocycles. The van der Waals surface area contributed by atoms with E-state index >= 15 is 0 Å². The van der Waals surface area contributed by atoms with Crippen LogP contribution in [0.25, 0.3) is 0 Å². The van der Waals surface area contributed by atoms with Crippen molar-refractivity contribution < 1.29 is 38.7 Å². The Morgan fingerprint density at radius 1 is 1.12 bits per heavy atom. The summed E-state index contributed by atoms with van der Waals surface area (Å²) in [6.45, 7) is 0. The van der Waals surface area contributed by atoms with Gasteiger partial charge in [0, 0.05) is 19.5 Å². The Labute approximate surface area is 168 Å². The predicted molar refractivity (Wildman–Crippen MR) is 28.6 cm³/mol. The normalized spacial score (nSPS) is 7.38. The van der Waals surface area contributed by atoms with Gasteiger partial charge in [-0.1, -0.05) is 0 Å². The molecular weight excluding hydrogens is 379 g/mol. The van der Waals surface area contributed by atoms with Crippen molar-refractivity contribution in [2.24, 2.45) is 0 Å². The third-order valence-electron chi connectivity index (χ3n) is 0. The van der Waals surface area contributed by atoms with Gasteiger partial charge >= 0.3 is 135 Å². The van der Waals surface area contributed by atoms with Gasteiger partial charge in [-0.15, -0.1) is 0 Å². The largest absolute Gasteiger partial charge is 0 e. The average molecular weight is 384 g/mol. The summed E-state index contributed by atoms with van der Waals surface area (Å²) in [5, 5.41) is 0. The Morgan fingerprint density at radius 2 is 1.12 bits per heavy atom. The zero-order chi connectivity index (χ0) is 4.50. The SMILES string of the molecule is O=P(O)(O)O.[CsH].[RbH].[Zn]. The van der Waals surface area contributed by atoms with Gasteiger partial charge in [0.05, 0.1) is 0 Å². The third-order valence-corrected chi connectivity index (χ3v) is 0. The fraction of sp³-hybridized carbons (Fsp3) is 0. The van der Waals surface area contributed by atoms with Crippen LogP contribution >= 0.6 is 7.82 Å². The van der Waals surface area contributed by atoms with Crippen molar-refractivity contribution in [3.63, 3.8) is 0 Å². The topological polar surface area (TPSA) is 77.8 Å². The van der Waals surface area contributed by atoms with Crippen molar-refractivity contribution >= 4 is 135 Å². The van der Waals surface area contributed by atoms with Crippen molar-refractivity contribution in [2.45, 2.75) is 0 Å². The van der Waals surface area contributed by atoms with Gasteiger partial charge in [0.15, 0.2) is 0 Å². The van der Waals surface area contributed by atoms with Gasteiger partial charge in [0.1, 0.15) is 0 Å². The van der Waals surface area contributed by atoms with E-state index < -0.39 is 7.82 Å². The quantitative estimate of drug-likeness (QED) is 0.327. The molecule has 0 aromatic rings. The van der Waals surface area contributed by atoms with Crippen LogP contribution in [0.4, 0.5) is 0 Å². The van der Waals surface area contributed by atoms with Crippen LogP contribution in [0.1, 0.15) is 0 Å². The number of hydrogen-bond acceptors (Lipinski definition) is 1. The van der Waals surface area contributed by atoms with Gasteiger partial charge in [-0.05, 0) is 0 Å². The fourth-order valence-electron chi connectivity index (χ4n) is 0. The zero-order valence-corrected chi connectivity index (χ0v) is 6.77. The summed E-state index contributed by atoms with van der Waals surface area (Å²) < 4.78 is 8.88. The molecule has 0 radical (unpaired) electrons. The molecule has 0 aromatic heterocycles. The van der Waals surface area contributed by atoms with Gasteiger partial charge in [-0.3, -0.25) is 0 Å². The van der Waals surface area contributed by atoms with Crippen molar-refractivity contribution in [3.8, 4) is 0 Å². The molecule has 0 heterocycles. The molecule has 8 heavy (non-hydrogen) atoms. The van der Waals surface area contributed by atoms with Crippen LogP contribution in [0.15, 0.2) is 0 Å².